The quantitative estimate of drug-likeness (QED) is 0.135. The van der Waals surface area contributed by atoms with Gasteiger partial charge in [0.1, 0.15) is 0 Å². The summed E-state index contributed by atoms with van der Waals surface area (Å²) in [5.74, 6) is -0.376. The van der Waals surface area contributed by atoms with Crippen molar-refractivity contribution in [1.29, 1.82) is 0 Å². The fourth-order valence-electron chi connectivity index (χ4n) is 2.59. The normalized spacial score (nSPS) is 9.90. The SMILES string of the molecule is C=C(C)C(=O)NCCCNC(=O)c1cc[n+](Cc2ccccc2B(O)O)cc1.[Br-]. The maximum atomic E-state index is 12.2. The lowest BCUT2D eigenvalue weighted by molar-refractivity contribution is -0.688. The first-order valence-electron chi connectivity index (χ1n) is 9.03. The van der Waals surface area contributed by atoms with Crippen LogP contribution < -0.4 is 37.6 Å². The van der Waals surface area contributed by atoms with Crippen LogP contribution in [0.5, 0.6) is 0 Å². The van der Waals surface area contributed by atoms with Crippen LogP contribution in [0.2, 0.25) is 0 Å². The Labute approximate surface area is 181 Å². The lowest BCUT2D eigenvalue weighted by Crippen LogP contribution is -3.00. The zero-order valence-corrected chi connectivity index (χ0v) is 17.9. The molecule has 2 rings (SSSR count). The maximum Gasteiger partial charge on any atom is 0.488 e. The number of aromatic nitrogens is 1. The molecular formula is C20H25BBrN3O4. The molecular weight excluding hydrogens is 437 g/mol. The number of rotatable bonds is 9. The number of halogens is 1. The standard InChI is InChI=1S/C20H24BN3O4.BrH/c1-15(2)19(25)22-10-5-11-23-20(26)16-8-12-24(13-9-16)14-17-6-3-4-7-18(17)21(27)28;/h3-4,6-9,12-13,27-28H,1,5,10-11,14H2,2H3,(H-,22,23,25,26);1H. The molecule has 0 aliphatic heterocycles. The highest BCUT2D eigenvalue weighted by Gasteiger charge is 2.17. The molecule has 0 radical (unpaired) electrons. The van der Waals surface area contributed by atoms with Gasteiger partial charge in [0.25, 0.3) is 5.91 Å². The summed E-state index contributed by atoms with van der Waals surface area (Å²) < 4.78 is 1.85. The van der Waals surface area contributed by atoms with E-state index >= 15 is 0 Å². The van der Waals surface area contributed by atoms with Crippen molar-refractivity contribution in [2.24, 2.45) is 0 Å². The van der Waals surface area contributed by atoms with Crippen molar-refractivity contribution in [1.82, 2.24) is 10.6 Å². The van der Waals surface area contributed by atoms with E-state index in [9.17, 15) is 19.6 Å². The molecule has 154 valence electrons. The third kappa shape index (κ3) is 7.81. The van der Waals surface area contributed by atoms with Crippen molar-refractivity contribution < 1.29 is 41.2 Å². The number of hydrogen-bond donors (Lipinski definition) is 4. The molecule has 0 aliphatic carbocycles. The average molecular weight is 462 g/mol. The van der Waals surface area contributed by atoms with Crippen LogP contribution in [0, 0.1) is 0 Å². The van der Waals surface area contributed by atoms with Crippen LogP contribution in [0.3, 0.4) is 0 Å². The summed E-state index contributed by atoms with van der Waals surface area (Å²) >= 11 is 0. The topological polar surface area (TPSA) is 103 Å². The summed E-state index contributed by atoms with van der Waals surface area (Å²) in [6, 6.07) is 10.5. The zero-order valence-electron chi connectivity index (χ0n) is 16.3. The van der Waals surface area contributed by atoms with Crippen molar-refractivity contribution in [2.75, 3.05) is 13.1 Å². The molecule has 0 saturated heterocycles. The number of benzene rings is 1. The second-order valence-corrected chi connectivity index (χ2v) is 6.48. The third-order valence-electron chi connectivity index (χ3n) is 4.15. The number of nitrogens with zero attached hydrogens (tertiary/aromatic N) is 1. The zero-order chi connectivity index (χ0) is 20.5. The highest BCUT2D eigenvalue weighted by molar-refractivity contribution is 6.59. The minimum absolute atomic E-state index is 0. The number of nitrogens with one attached hydrogen (secondary N) is 2. The van der Waals surface area contributed by atoms with Gasteiger partial charge in [-0.2, -0.15) is 0 Å². The van der Waals surface area contributed by atoms with Crippen LogP contribution >= 0.6 is 0 Å². The Morgan fingerprint density at radius 1 is 1.07 bits per heavy atom. The van der Waals surface area contributed by atoms with Crippen LogP contribution in [-0.4, -0.2) is 42.1 Å². The molecule has 0 spiro atoms. The van der Waals surface area contributed by atoms with E-state index in [-0.39, 0.29) is 28.8 Å². The van der Waals surface area contributed by atoms with Gasteiger partial charge < -0.3 is 37.7 Å². The first-order chi connectivity index (χ1) is 13.4. The average Bonchev–Trinajstić information content (AvgIpc) is 2.68. The van der Waals surface area contributed by atoms with Crippen molar-refractivity contribution in [3.8, 4) is 0 Å². The summed E-state index contributed by atoms with van der Waals surface area (Å²) in [4.78, 5) is 23.5. The Morgan fingerprint density at radius 3 is 2.31 bits per heavy atom. The van der Waals surface area contributed by atoms with Crippen molar-refractivity contribution in [3.63, 3.8) is 0 Å². The first kappa shape index (κ1) is 24.6. The first-order valence-corrected chi connectivity index (χ1v) is 9.03. The van der Waals surface area contributed by atoms with Gasteiger partial charge in [-0.15, -0.1) is 0 Å². The smallest absolute Gasteiger partial charge is 0.488 e. The molecule has 0 fully saturated rings. The predicted molar refractivity (Wildman–Crippen MR) is 107 cm³/mol. The van der Waals surface area contributed by atoms with Gasteiger partial charge in [0.15, 0.2) is 18.9 Å². The van der Waals surface area contributed by atoms with Crippen LogP contribution in [0.1, 0.15) is 29.3 Å². The van der Waals surface area contributed by atoms with Crippen LogP contribution in [0.4, 0.5) is 0 Å². The molecule has 0 bridgehead atoms. The van der Waals surface area contributed by atoms with Gasteiger partial charge >= 0.3 is 7.12 Å². The van der Waals surface area contributed by atoms with E-state index in [4.69, 9.17) is 0 Å². The van der Waals surface area contributed by atoms with E-state index in [2.05, 4.69) is 17.2 Å². The molecule has 9 heteroatoms. The van der Waals surface area contributed by atoms with Crippen molar-refractivity contribution in [2.45, 2.75) is 19.9 Å². The molecule has 1 heterocycles. The van der Waals surface area contributed by atoms with Crippen LogP contribution in [-0.2, 0) is 11.3 Å². The Morgan fingerprint density at radius 2 is 1.69 bits per heavy atom. The second-order valence-electron chi connectivity index (χ2n) is 6.48. The molecule has 0 unspecified atom stereocenters. The second kappa shape index (κ2) is 12.2. The third-order valence-corrected chi connectivity index (χ3v) is 4.15. The summed E-state index contributed by atoms with van der Waals surface area (Å²) in [5, 5.41) is 24.4. The highest BCUT2D eigenvalue weighted by Crippen LogP contribution is 1.99. The van der Waals surface area contributed by atoms with Gasteiger partial charge in [-0.1, -0.05) is 30.8 Å². The van der Waals surface area contributed by atoms with E-state index in [1.807, 2.05) is 16.7 Å². The summed E-state index contributed by atoms with van der Waals surface area (Å²) in [7, 11) is -1.53. The predicted octanol–water partition coefficient (Wildman–Crippen LogP) is -3.48. The molecule has 7 nitrogen and oxygen atoms in total. The Kier molecular flexibility index (Phi) is 10.3. The minimum atomic E-state index is -1.53. The van der Waals surface area contributed by atoms with E-state index in [0.717, 1.165) is 5.56 Å². The number of carbonyl (C=O) groups excluding carboxylic acids is 2. The molecule has 29 heavy (non-hydrogen) atoms. The Balaban J connectivity index is 0.00000420. The number of hydrogen-bond acceptors (Lipinski definition) is 4. The number of pyridine rings is 1. The Hall–Kier alpha value is -2.49. The number of amides is 2. The van der Waals surface area contributed by atoms with E-state index < -0.39 is 7.12 Å². The van der Waals surface area contributed by atoms with E-state index in [1.165, 1.54) is 0 Å². The molecule has 0 aliphatic rings. The summed E-state index contributed by atoms with van der Waals surface area (Å²) in [6.45, 7) is 6.58. The van der Waals surface area contributed by atoms with Crippen LogP contribution in [0.15, 0.2) is 60.9 Å². The molecule has 0 saturated carbocycles. The molecule has 1 aromatic carbocycles. The molecule has 1 aromatic heterocycles. The van der Waals surface area contributed by atoms with Gasteiger partial charge in [0.2, 0.25) is 5.91 Å². The lowest BCUT2D eigenvalue weighted by atomic mass is 9.77. The monoisotopic (exact) mass is 461 g/mol. The van der Waals surface area contributed by atoms with Gasteiger partial charge in [-0.25, -0.2) is 4.57 Å². The van der Waals surface area contributed by atoms with Gasteiger partial charge in [-0.05, 0) is 18.8 Å². The largest absolute Gasteiger partial charge is 1.00 e. The molecule has 0 atom stereocenters. The fraction of sp³-hybridized carbons (Fsp3) is 0.250. The van der Waals surface area contributed by atoms with E-state index in [1.54, 1.807) is 43.6 Å². The van der Waals surface area contributed by atoms with Gasteiger partial charge in [0, 0.05) is 36.4 Å². The van der Waals surface area contributed by atoms with E-state index in [0.29, 0.717) is 42.7 Å². The van der Waals surface area contributed by atoms with Gasteiger partial charge in [-0.3, -0.25) is 9.59 Å². The fourth-order valence-corrected chi connectivity index (χ4v) is 2.59. The van der Waals surface area contributed by atoms with Gasteiger partial charge in [0.05, 0.1) is 5.56 Å². The minimum Gasteiger partial charge on any atom is -1.00 e. The maximum absolute atomic E-state index is 12.2. The van der Waals surface area contributed by atoms with Crippen molar-refractivity contribution in [3.05, 3.63) is 72.1 Å². The van der Waals surface area contributed by atoms with Crippen molar-refractivity contribution >= 4 is 24.4 Å². The lowest BCUT2D eigenvalue weighted by Gasteiger charge is -2.07. The highest BCUT2D eigenvalue weighted by atomic mass is 79.9. The van der Waals surface area contributed by atoms with Crippen LogP contribution in [0.25, 0.3) is 0 Å². The Bertz CT molecular complexity index is 844. The molecule has 2 aromatic rings. The molecule has 4 N–H and O–H groups in total. The molecule has 2 amide bonds. The summed E-state index contributed by atoms with van der Waals surface area (Å²) in [6.07, 6.45) is 4.16. The summed E-state index contributed by atoms with van der Waals surface area (Å²) in [5.41, 5.74) is 2.22. The number of carbonyl (C=O) groups is 2.